The highest BCUT2D eigenvalue weighted by atomic mass is 16.5. The van der Waals surface area contributed by atoms with E-state index in [9.17, 15) is 0 Å². The average molecular weight is 288 g/mol. The number of nitrogens with one attached hydrogen (secondary N) is 1. The van der Waals surface area contributed by atoms with Crippen molar-refractivity contribution >= 4 is 11.0 Å². The second-order valence-corrected chi connectivity index (χ2v) is 6.04. The van der Waals surface area contributed by atoms with Crippen molar-refractivity contribution in [2.45, 2.75) is 39.3 Å². The summed E-state index contributed by atoms with van der Waals surface area (Å²) in [4.78, 5) is 4.53. The van der Waals surface area contributed by atoms with Gasteiger partial charge in [-0.05, 0) is 44.2 Å². The molecule has 0 bridgehead atoms. The van der Waals surface area contributed by atoms with Crippen molar-refractivity contribution in [1.82, 2.24) is 20.1 Å². The van der Waals surface area contributed by atoms with Crippen molar-refractivity contribution in [1.29, 1.82) is 0 Å². The predicted molar refractivity (Wildman–Crippen MR) is 83.1 cm³/mol. The highest BCUT2D eigenvalue weighted by Gasteiger charge is 2.20. The van der Waals surface area contributed by atoms with Crippen LogP contribution < -0.4 is 5.32 Å². The standard InChI is InChI=1S/C16H24N4O/c1-11(14-4-6-21-7-5-14)17-9-13-8-15-12(2)19-20(3)16(15)18-10-13/h8,10-11,14,17H,4-7,9H2,1-3H3. The van der Waals surface area contributed by atoms with E-state index in [1.165, 1.54) is 5.56 Å². The summed E-state index contributed by atoms with van der Waals surface area (Å²) in [6.45, 7) is 6.97. The van der Waals surface area contributed by atoms with E-state index in [1.807, 2.05) is 24.9 Å². The third kappa shape index (κ3) is 3.09. The van der Waals surface area contributed by atoms with Gasteiger partial charge in [0.25, 0.3) is 0 Å². The minimum absolute atomic E-state index is 0.514. The number of rotatable bonds is 4. The van der Waals surface area contributed by atoms with E-state index >= 15 is 0 Å². The molecule has 21 heavy (non-hydrogen) atoms. The first-order chi connectivity index (χ1) is 10.1. The summed E-state index contributed by atoms with van der Waals surface area (Å²) < 4.78 is 7.27. The lowest BCUT2D eigenvalue weighted by Crippen LogP contribution is -2.36. The molecule has 0 aromatic carbocycles. The molecule has 0 amide bonds. The quantitative estimate of drug-likeness (QED) is 0.937. The predicted octanol–water partition coefficient (Wildman–Crippen LogP) is 2.18. The third-order valence-corrected chi connectivity index (χ3v) is 4.52. The van der Waals surface area contributed by atoms with Crippen LogP contribution in [0.1, 0.15) is 31.0 Å². The molecule has 2 aromatic rings. The fraction of sp³-hybridized carbons (Fsp3) is 0.625. The van der Waals surface area contributed by atoms with Crippen molar-refractivity contribution in [2.75, 3.05) is 13.2 Å². The molecule has 1 unspecified atom stereocenters. The Bertz CT molecular complexity index is 616. The Morgan fingerprint density at radius 3 is 2.95 bits per heavy atom. The number of hydrogen-bond acceptors (Lipinski definition) is 4. The lowest BCUT2D eigenvalue weighted by molar-refractivity contribution is 0.0558. The average Bonchev–Trinajstić information content (AvgIpc) is 2.80. The Balaban J connectivity index is 1.66. The van der Waals surface area contributed by atoms with Crippen LogP contribution in [0.5, 0.6) is 0 Å². The highest BCUT2D eigenvalue weighted by Crippen LogP contribution is 2.20. The summed E-state index contributed by atoms with van der Waals surface area (Å²) in [5, 5.41) is 9.21. The molecule has 0 saturated carbocycles. The molecule has 2 aromatic heterocycles. The van der Waals surface area contributed by atoms with E-state index in [2.05, 4.69) is 28.4 Å². The molecular weight excluding hydrogens is 264 g/mol. The molecule has 3 rings (SSSR count). The minimum Gasteiger partial charge on any atom is -0.381 e. The molecule has 1 saturated heterocycles. The molecule has 5 nitrogen and oxygen atoms in total. The van der Waals surface area contributed by atoms with Crippen LogP contribution in [0.3, 0.4) is 0 Å². The third-order valence-electron chi connectivity index (χ3n) is 4.52. The molecule has 0 radical (unpaired) electrons. The van der Waals surface area contributed by atoms with Gasteiger partial charge in [0.05, 0.1) is 5.69 Å². The van der Waals surface area contributed by atoms with Crippen LogP contribution >= 0.6 is 0 Å². The van der Waals surface area contributed by atoms with Gasteiger partial charge in [-0.25, -0.2) is 4.98 Å². The summed E-state index contributed by atoms with van der Waals surface area (Å²) in [6, 6.07) is 2.72. The second kappa shape index (κ2) is 6.12. The van der Waals surface area contributed by atoms with Crippen LogP contribution in [0.15, 0.2) is 12.3 Å². The van der Waals surface area contributed by atoms with E-state index in [1.54, 1.807) is 0 Å². The van der Waals surface area contributed by atoms with Crippen LogP contribution in [-0.2, 0) is 18.3 Å². The van der Waals surface area contributed by atoms with Crippen molar-refractivity contribution in [3.63, 3.8) is 0 Å². The topological polar surface area (TPSA) is 52.0 Å². The first kappa shape index (κ1) is 14.5. The zero-order valence-corrected chi connectivity index (χ0v) is 13.1. The normalized spacial score (nSPS) is 18.2. The number of aromatic nitrogens is 3. The largest absolute Gasteiger partial charge is 0.381 e. The Morgan fingerprint density at radius 2 is 2.19 bits per heavy atom. The van der Waals surface area contributed by atoms with Gasteiger partial charge in [-0.1, -0.05) is 0 Å². The molecule has 1 aliphatic heterocycles. The van der Waals surface area contributed by atoms with Crippen molar-refractivity contribution in [2.24, 2.45) is 13.0 Å². The molecule has 1 N–H and O–H groups in total. The number of aryl methyl sites for hydroxylation is 2. The molecule has 5 heteroatoms. The van der Waals surface area contributed by atoms with E-state index in [4.69, 9.17) is 4.74 Å². The van der Waals surface area contributed by atoms with Crippen LogP contribution in [0.2, 0.25) is 0 Å². The van der Waals surface area contributed by atoms with Gasteiger partial charge >= 0.3 is 0 Å². The minimum atomic E-state index is 0.514. The summed E-state index contributed by atoms with van der Waals surface area (Å²) >= 11 is 0. The molecule has 0 aliphatic carbocycles. The van der Waals surface area contributed by atoms with Gasteiger partial charge in [0.2, 0.25) is 0 Å². The molecule has 1 atom stereocenters. The van der Waals surface area contributed by atoms with Gasteiger partial charge in [0.15, 0.2) is 5.65 Å². The first-order valence-electron chi connectivity index (χ1n) is 7.74. The van der Waals surface area contributed by atoms with E-state index in [0.717, 1.165) is 55.2 Å². The highest BCUT2D eigenvalue weighted by molar-refractivity contribution is 5.78. The van der Waals surface area contributed by atoms with E-state index < -0.39 is 0 Å². The summed E-state index contributed by atoms with van der Waals surface area (Å²) in [7, 11) is 1.94. The van der Waals surface area contributed by atoms with Gasteiger partial charge in [-0.2, -0.15) is 5.10 Å². The van der Waals surface area contributed by atoms with Gasteiger partial charge in [0, 0.05) is 44.4 Å². The van der Waals surface area contributed by atoms with Crippen LogP contribution in [0.25, 0.3) is 11.0 Å². The zero-order valence-electron chi connectivity index (χ0n) is 13.1. The van der Waals surface area contributed by atoms with Crippen LogP contribution in [0, 0.1) is 12.8 Å². The van der Waals surface area contributed by atoms with Crippen molar-refractivity contribution in [3.8, 4) is 0 Å². The second-order valence-electron chi connectivity index (χ2n) is 6.04. The SMILES string of the molecule is Cc1nn(C)c2ncc(CNC(C)C3CCOCC3)cc12. The maximum Gasteiger partial charge on any atom is 0.157 e. The lowest BCUT2D eigenvalue weighted by atomic mass is 9.93. The molecule has 3 heterocycles. The van der Waals surface area contributed by atoms with Gasteiger partial charge in [0.1, 0.15) is 0 Å². The number of pyridine rings is 1. The summed E-state index contributed by atoms with van der Waals surface area (Å²) in [6.07, 6.45) is 4.27. The Kier molecular flexibility index (Phi) is 4.22. The van der Waals surface area contributed by atoms with E-state index in [0.29, 0.717) is 6.04 Å². The molecule has 1 aliphatic rings. The van der Waals surface area contributed by atoms with Crippen LogP contribution in [-0.4, -0.2) is 34.0 Å². The fourth-order valence-electron chi connectivity index (χ4n) is 3.11. The van der Waals surface area contributed by atoms with Gasteiger partial charge < -0.3 is 10.1 Å². The first-order valence-corrected chi connectivity index (χ1v) is 7.74. The van der Waals surface area contributed by atoms with Gasteiger partial charge in [-0.3, -0.25) is 4.68 Å². The zero-order chi connectivity index (χ0) is 14.8. The molecule has 1 fully saturated rings. The fourth-order valence-corrected chi connectivity index (χ4v) is 3.11. The molecular formula is C16H24N4O. The number of nitrogens with zero attached hydrogens (tertiary/aromatic N) is 3. The summed E-state index contributed by atoms with van der Waals surface area (Å²) in [5.74, 6) is 0.718. The lowest BCUT2D eigenvalue weighted by Gasteiger charge is -2.28. The maximum absolute atomic E-state index is 5.43. The van der Waals surface area contributed by atoms with Gasteiger partial charge in [-0.15, -0.1) is 0 Å². The maximum atomic E-state index is 5.43. The molecule has 0 spiro atoms. The monoisotopic (exact) mass is 288 g/mol. The Labute approximate surface area is 125 Å². The Morgan fingerprint density at radius 1 is 1.43 bits per heavy atom. The Hall–Kier alpha value is -1.46. The summed E-state index contributed by atoms with van der Waals surface area (Å²) in [5.41, 5.74) is 3.21. The molecule has 114 valence electrons. The van der Waals surface area contributed by atoms with Crippen LogP contribution in [0.4, 0.5) is 0 Å². The van der Waals surface area contributed by atoms with E-state index in [-0.39, 0.29) is 0 Å². The van der Waals surface area contributed by atoms with Crippen molar-refractivity contribution < 1.29 is 4.74 Å². The van der Waals surface area contributed by atoms with Crippen molar-refractivity contribution in [3.05, 3.63) is 23.5 Å². The number of ether oxygens (including phenoxy) is 1. The smallest absolute Gasteiger partial charge is 0.157 e. The number of fused-ring (bicyclic) bond motifs is 1. The number of hydrogen-bond donors (Lipinski definition) is 1.